The second-order valence-corrected chi connectivity index (χ2v) is 4.44. The number of piperazine rings is 1. The fourth-order valence-corrected chi connectivity index (χ4v) is 2.15. The molecule has 19 heavy (non-hydrogen) atoms. The third-order valence-corrected chi connectivity index (χ3v) is 3.31. The van der Waals surface area contributed by atoms with Crippen LogP contribution in [0, 0.1) is 0 Å². The van der Waals surface area contributed by atoms with E-state index >= 15 is 0 Å². The van der Waals surface area contributed by atoms with E-state index in [2.05, 4.69) is 10.2 Å². The highest BCUT2D eigenvalue weighted by atomic mass is 16.2. The van der Waals surface area contributed by atoms with Crippen molar-refractivity contribution in [2.24, 2.45) is 0 Å². The third kappa shape index (κ3) is 3.07. The van der Waals surface area contributed by atoms with Gasteiger partial charge in [-0.2, -0.15) is 0 Å². The Bertz CT molecular complexity index is 467. The van der Waals surface area contributed by atoms with E-state index in [9.17, 15) is 9.59 Å². The molecule has 2 amide bonds. The Morgan fingerprint density at radius 3 is 2.16 bits per heavy atom. The first-order chi connectivity index (χ1) is 9.11. The van der Waals surface area contributed by atoms with Crippen molar-refractivity contribution in [2.75, 3.05) is 38.1 Å². The fourth-order valence-electron chi connectivity index (χ4n) is 2.15. The Balaban J connectivity index is 2.00. The van der Waals surface area contributed by atoms with Crippen LogP contribution >= 0.6 is 0 Å². The summed E-state index contributed by atoms with van der Waals surface area (Å²) in [5.74, 6) is -0.459. The van der Waals surface area contributed by atoms with Gasteiger partial charge in [0.1, 0.15) is 0 Å². The number of amides is 2. The quantitative estimate of drug-likeness (QED) is 0.783. The molecule has 98 valence electrons. The van der Waals surface area contributed by atoms with Crippen molar-refractivity contribution in [1.82, 2.24) is 10.2 Å². The van der Waals surface area contributed by atoms with Gasteiger partial charge in [-0.3, -0.25) is 9.59 Å². The Hall–Kier alpha value is -1.98. The number of hydrogen-bond acceptors (Lipinski definition) is 3. The maximum absolute atomic E-state index is 11.4. The van der Waals surface area contributed by atoms with Gasteiger partial charge in [0.15, 0.2) is 5.81 Å². The van der Waals surface area contributed by atoms with E-state index in [1.54, 1.807) is 24.1 Å². The van der Waals surface area contributed by atoms with Gasteiger partial charge in [-0.05, 0) is 24.3 Å². The van der Waals surface area contributed by atoms with E-state index in [1.807, 2.05) is 12.1 Å². The second-order valence-electron chi connectivity index (χ2n) is 4.44. The smallest absolute Gasteiger partial charge is 0.251 e. The number of anilines is 1. The van der Waals surface area contributed by atoms with Crippen molar-refractivity contribution in [3.63, 3.8) is 0 Å². The lowest BCUT2D eigenvalue weighted by molar-refractivity contribution is 0.0963. The summed E-state index contributed by atoms with van der Waals surface area (Å²) in [5.41, 5.74) is 1.69. The maximum atomic E-state index is 11.4. The predicted molar refractivity (Wildman–Crippen MR) is 74.8 cm³/mol. The molecule has 1 saturated heterocycles. The van der Waals surface area contributed by atoms with Crippen molar-refractivity contribution in [1.29, 1.82) is 0 Å². The molecule has 0 saturated carbocycles. The van der Waals surface area contributed by atoms with Gasteiger partial charge in [0.25, 0.3) is 5.91 Å². The molecule has 5 nitrogen and oxygen atoms in total. The first-order valence-electron chi connectivity index (χ1n) is 6.23. The second kappa shape index (κ2) is 5.78. The average Bonchev–Trinajstić information content (AvgIpc) is 2.46. The third-order valence-electron chi connectivity index (χ3n) is 3.31. The van der Waals surface area contributed by atoms with Crippen molar-refractivity contribution < 1.29 is 9.59 Å². The monoisotopic (exact) mass is 257 g/mol. The fraction of sp³-hybridized carbons (Fsp3) is 0.385. The summed E-state index contributed by atoms with van der Waals surface area (Å²) in [6.07, 6.45) is 0. The molecule has 1 N–H and O–H groups in total. The molecule has 1 aliphatic rings. The normalized spacial score (nSPS) is 15.2. The maximum Gasteiger partial charge on any atom is 0.251 e. The number of hydrogen-bond donors (Lipinski definition) is 1. The molecule has 0 aromatic heterocycles. The molecule has 2 rings (SSSR count). The van der Waals surface area contributed by atoms with Crippen LogP contribution < -0.4 is 10.2 Å². The Kier molecular flexibility index (Phi) is 4.09. The Labute approximate surface area is 114 Å². The zero-order chi connectivity index (χ0) is 13.8. The summed E-state index contributed by atoms with van der Waals surface area (Å²) >= 11 is 0. The van der Waals surface area contributed by atoms with E-state index in [0.717, 1.165) is 18.8 Å². The van der Waals surface area contributed by atoms with Gasteiger partial charge in [-0.25, -0.2) is 0 Å². The van der Waals surface area contributed by atoms with Crippen molar-refractivity contribution in [3.8, 4) is 0 Å². The lowest BCUT2D eigenvalue weighted by Gasteiger charge is -2.36. The van der Waals surface area contributed by atoms with Gasteiger partial charge in [-0.1, -0.05) is 0 Å². The van der Waals surface area contributed by atoms with Crippen LogP contribution in [0.5, 0.6) is 0 Å². The summed E-state index contributed by atoms with van der Waals surface area (Å²) < 4.78 is 0. The van der Waals surface area contributed by atoms with Gasteiger partial charge >= 0.3 is 0 Å². The number of carbonyl (C=O) groups is 2. The van der Waals surface area contributed by atoms with Crippen LogP contribution in [0.4, 0.5) is 10.5 Å². The SMILES string of the molecule is [B]C(=O)N1CCN(c2ccc(C(=O)NC)cc2)CC1. The predicted octanol–water partition coefficient (Wildman–Crippen LogP) is 0.457. The van der Waals surface area contributed by atoms with Crippen LogP contribution in [0.3, 0.4) is 0 Å². The molecular formula is C13H16BN3O2. The molecule has 6 heteroatoms. The molecule has 0 bridgehead atoms. The standard InChI is InChI=1S/C13H16BN3O2/c1-15-12(18)10-2-4-11(5-3-10)16-6-8-17(9-7-16)13(14)19/h2-5H,6-9H2,1H3,(H,15,18). The molecule has 1 fully saturated rings. The Morgan fingerprint density at radius 1 is 1.11 bits per heavy atom. The summed E-state index contributed by atoms with van der Waals surface area (Å²) in [5, 5.41) is 2.59. The van der Waals surface area contributed by atoms with Gasteiger partial charge in [0.05, 0.1) is 0 Å². The molecule has 1 aromatic rings. The van der Waals surface area contributed by atoms with Crippen LogP contribution in [0.2, 0.25) is 0 Å². The number of benzene rings is 1. The molecule has 0 unspecified atom stereocenters. The van der Waals surface area contributed by atoms with E-state index in [0.29, 0.717) is 18.7 Å². The summed E-state index contributed by atoms with van der Waals surface area (Å²) in [6.45, 7) is 2.77. The van der Waals surface area contributed by atoms with E-state index in [1.165, 1.54) is 0 Å². The van der Waals surface area contributed by atoms with Crippen LogP contribution in [-0.4, -0.2) is 57.7 Å². The minimum Gasteiger partial charge on any atom is -0.368 e. The van der Waals surface area contributed by atoms with Crippen LogP contribution in [0.15, 0.2) is 24.3 Å². The van der Waals surface area contributed by atoms with Crippen LogP contribution in [-0.2, 0) is 0 Å². The topological polar surface area (TPSA) is 52.7 Å². The first kappa shape index (κ1) is 13.5. The molecule has 1 aromatic carbocycles. The lowest BCUT2D eigenvalue weighted by Crippen LogP contribution is -2.48. The van der Waals surface area contributed by atoms with Crippen LogP contribution in [0.25, 0.3) is 0 Å². The molecule has 2 radical (unpaired) electrons. The van der Waals surface area contributed by atoms with Gasteiger partial charge in [0, 0.05) is 44.5 Å². The molecule has 1 heterocycles. The van der Waals surface area contributed by atoms with Crippen molar-refractivity contribution in [3.05, 3.63) is 29.8 Å². The van der Waals surface area contributed by atoms with E-state index in [-0.39, 0.29) is 11.7 Å². The largest absolute Gasteiger partial charge is 0.368 e. The highest BCUT2D eigenvalue weighted by Gasteiger charge is 2.18. The van der Waals surface area contributed by atoms with E-state index in [4.69, 9.17) is 7.85 Å². The summed E-state index contributed by atoms with van der Waals surface area (Å²) in [4.78, 5) is 26.3. The molecule has 0 aliphatic carbocycles. The minimum absolute atomic E-state index is 0.0925. The van der Waals surface area contributed by atoms with Crippen molar-refractivity contribution in [2.45, 2.75) is 0 Å². The summed E-state index contributed by atoms with van der Waals surface area (Å²) in [7, 11) is 6.85. The minimum atomic E-state index is -0.366. The zero-order valence-electron chi connectivity index (χ0n) is 10.9. The van der Waals surface area contributed by atoms with Gasteiger partial charge < -0.3 is 15.1 Å². The number of carbonyl (C=O) groups excluding carboxylic acids is 2. The molecule has 0 atom stereocenters. The number of rotatable bonds is 2. The van der Waals surface area contributed by atoms with Gasteiger partial charge in [0.2, 0.25) is 7.85 Å². The van der Waals surface area contributed by atoms with Gasteiger partial charge in [-0.15, -0.1) is 0 Å². The number of nitrogens with zero attached hydrogens (tertiary/aromatic N) is 2. The zero-order valence-corrected chi connectivity index (χ0v) is 10.9. The average molecular weight is 257 g/mol. The summed E-state index contributed by atoms with van der Waals surface area (Å²) in [6, 6.07) is 7.44. The van der Waals surface area contributed by atoms with E-state index < -0.39 is 0 Å². The number of nitrogens with one attached hydrogen (secondary N) is 1. The lowest BCUT2D eigenvalue weighted by atomic mass is 10.1. The highest BCUT2D eigenvalue weighted by molar-refractivity contribution is 6.56. The Morgan fingerprint density at radius 2 is 1.68 bits per heavy atom. The van der Waals surface area contributed by atoms with Crippen LogP contribution in [0.1, 0.15) is 10.4 Å². The highest BCUT2D eigenvalue weighted by Crippen LogP contribution is 2.17. The first-order valence-corrected chi connectivity index (χ1v) is 6.23. The molecule has 0 spiro atoms. The molecule has 1 aliphatic heterocycles. The molecular weight excluding hydrogens is 241 g/mol. The van der Waals surface area contributed by atoms with Crippen molar-refractivity contribution >= 4 is 25.2 Å².